The third-order valence-corrected chi connectivity index (χ3v) is 4.85. The molecule has 0 bridgehead atoms. The van der Waals surface area contributed by atoms with Crippen LogP contribution in [0.3, 0.4) is 0 Å². The maximum Gasteiger partial charge on any atom is 0.261 e. The molecule has 1 aromatic rings. The number of benzene rings is 1. The summed E-state index contributed by atoms with van der Waals surface area (Å²) in [4.78, 5) is 26.7. The number of carbonyl (C=O) groups is 2. The second kappa shape index (κ2) is 5.26. The van der Waals surface area contributed by atoms with Gasteiger partial charge in [0.15, 0.2) is 0 Å². The minimum atomic E-state index is -0.129. The Kier molecular flexibility index (Phi) is 3.57. The molecule has 21 heavy (non-hydrogen) atoms. The molecule has 4 heteroatoms. The number of nitrogens with zero attached hydrogens (tertiary/aromatic N) is 1. The van der Waals surface area contributed by atoms with Crippen LogP contribution in [-0.2, 0) is 0 Å². The van der Waals surface area contributed by atoms with Crippen molar-refractivity contribution in [1.29, 1.82) is 0 Å². The number of nitrogens with one attached hydrogen (secondary N) is 1. The normalized spacial score (nSPS) is 25.4. The van der Waals surface area contributed by atoms with Crippen LogP contribution in [0.4, 0.5) is 0 Å². The van der Waals surface area contributed by atoms with E-state index < -0.39 is 0 Å². The molecule has 1 N–H and O–H groups in total. The predicted octanol–water partition coefficient (Wildman–Crippen LogP) is 2.29. The summed E-state index contributed by atoms with van der Waals surface area (Å²) < 4.78 is 0. The average molecular weight is 286 g/mol. The summed E-state index contributed by atoms with van der Waals surface area (Å²) in [6, 6.07) is 4.05. The molecule has 2 amide bonds. The Bertz CT molecular complexity index is 568. The fourth-order valence-electron chi connectivity index (χ4n) is 3.45. The van der Waals surface area contributed by atoms with Crippen LogP contribution in [0, 0.1) is 19.8 Å². The van der Waals surface area contributed by atoms with Crippen LogP contribution in [-0.4, -0.2) is 35.8 Å². The Morgan fingerprint density at radius 1 is 1.14 bits per heavy atom. The van der Waals surface area contributed by atoms with E-state index in [2.05, 4.69) is 12.2 Å². The molecule has 1 fully saturated rings. The van der Waals surface area contributed by atoms with Crippen molar-refractivity contribution in [3.05, 3.63) is 34.4 Å². The zero-order valence-corrected chi connectivity index (χ0v) is 12.9. The van der Waals surface area contributed by atoms with Crippen molar-refractivity contribution in [2.24, 2.45) is 5.92 Å². The molecule has 4 nitrogen and oxygen atoms in total. The summed E-state index contributed by atoms with van der Waals surface area (Å²) in [5, 5.41) is 3.45. The zero-order valence-electron chi connectivity index (χ0n) is 12.9. The summed E-state index contributed by atoms with van der Waals surface area (Å²) in [7, 11) is 0. The van der Waals surface area contributed by atoms with Crippen molar-refractivity contribution in [2.75, 3.05) is 13.1 Å². The molecule has 0 aromatic heterocycles. The molecule has 2 aliphatic rings. The van der Waals surface area contributed by atoms with Gasteiger partial charge >= 0.3 is 0 Å². The van der Waals surface area contributed by atoms with Crippen molar-refractivity contribution in [2.45, 2.75) is 39.7 Å². The molecule has 2 aliphatic heterocycles. The predicted molar refractivity (Wildman–Crippen MR) is 81.5 cm³/mol. The minimum Gasteiger partial charge on any atom is -0.312 e. The summed E-state index contributed by atoms with van der Waals surface area (Å²) in [5.41, 5.74) is 2.98. The first-order chi connectivity index (χ1) is 10.0. The summed E-state index contributed by atoms with van der Waals surface area (Å²) >= 11 is 0. The number of fused-ring (bicyclic) bond motifs is 1. The molecule has 1 saturated heterocycles. The van der Waals surface area contributed by atoms with Gasteiger partial charge < -0.3 is 5.32 Å². The molecule has 2 atom stereocenters. The van der Waals surface area contributed by atoms with E-state index in [1.165, 1.54) is 4.90 Å². The molecular formula is C17H22N2O2. The number of hydrogen-bond donors (Lipinski definition) is 1. The minimum absolute atomic E-state index is 0.129. The van der Waals surface area contributed by atoms with E-state index in [9.17, 15) is 9.59 Å². The van der Waals surface area contributed by atoms with E-state index in [4.69, 9.17) is 0 Å². The molecule has 2 unspecified atom stereocenters. The van der Waals surface area contributed by atoms with E-state index in [0.717, 1.165) is 30.5 Å². The quantitative estimate of drug-likeness (QED) is 0.849. The second-order valence-corrected chi connectivity index (χ2v) is 6.35. The van der Waals surface area contributed by atoms with Gasteiger partial charge in [-0.25, -0.2) is 0 Å². The van der Waals surface area contributed by atoms with Crippen LogP contribution in [0.5, 0.6) is 0 Å². The Labute approximate surface area is 125 Å². The number of carbonyl (C=O) groups excluding carboxylic acids is 2. The summed E-state index contributed by atoms with van der Waals surface area (Å²) in [6.45, 7) is 7.43. The molecule has 112 valence electrons. The monoisotopic (exact) mass is 286 g/mol. The maximum atomic E-state index is 12.6. The molecular weight excluding hydrogens is 264 g/mol. The van der Waals surface area contributed by atoms with Crippen LogP contribution < -0.4 is 5.32 Å². The smallest absolute Gasteiger partial charge is 0.261 e. The Morgan fingerprint density at radius 2 is 1.71 bits per heavy atom. The summed E-state index contributed by atoms with van der Waals surface area (Å²) in [5.74, 6) is 0.233. The van der Waals surface area contributed by atoms with Gasteiger partial charge in [-0.1, -0.05) is 19.1 Å². The number of hydrogen-bond acceptors (Lipinski definition) is 3. The van der Waals surface area contributed by atoms with Gasteiger partial charge in [0, 0.05) is 12.6 Å². The lowest BCUT2D eigenvalue weighted by Crippen LogP contribution is -2.49. The largest absolute Gasteiger partial charge is 0.312 e. The lowest BCUT2D eigenvalue weighted by atomic mass is 9.92. The third kappa shape index (κ3) is 2.27. The lowest BCUT2D eigenvalue weighted by Gasteiger charge is -2.32. The van der Waals surface area contributed by atoms with Crippen molar-refractivity contribution < 1.29 is 9.59 Å². The fraction of sp³-hybridized carbons (Fsp3) is 0.529. The van der Waals surface area contributed by atoms with E-state index >= 15 is 0 Å². The average Bonchev–Trinajstić information content (AvgIpc) is 2.71. The molecule has 0 saturated carbocycles. The molecule has 1 aromatic carbocycles. The highest BCUT2D eigenvalue weighted by Gasteiger charge is 2.39. The van der Waals surface area contributed by atoms with Crippen molar-refractivity contribution in [3.63, 3.8) is 0 Å². The van der Waals surface area contributed by atoms with Crippen molar-refractivity contribution in [3.8, 4) is 0 Å². The third-order valence-electron chi connectivity index (χ3n) is 4.85. The SMILES string of the molecule is Cc1ccc(C)c2c1C(=O)N(CC1NCCCC1C)C2=O. The van der Waals surface area contributed by atoms with Crippen molar-refractivity contribution in [1.82, 2.24) is 10.2 Å². The van der Waals surface area contributed by atoms with E-state index in [1.54, 1.807) is 0 Å². The van der Waals surface area contributed by atoms with E-state index in [-0.39, 0.29) is 17.9 Å². The van der Waals surface area contributed by atoms with Crippen LogP contribution in [0.1, 0.15) is 51.6 Å². The second-order valence-electron chi connectivity index (χ2n) is 6.35. The van der Waals surface area contributed by atoms with Gasteiger partial charge in [-0.15, -0.1) is 0 Å². The number of aryl methyl sites for hydroxylation is 2. The van der Waals surface area contributed by atoms with Gasteiger partial charge in [-0.3, -0.25) is 14.5 Å². The number of amides is 2. The first-order valence-corrected chi connectivity index (χ1v) is 7.70. The Balaban J connectivity index is 1.89. The van der Waals surface area contributed by atoms with Crippen LogP contribution >= 0.6 is 0 Å². The molecule has 2 heterocycles. The fourth-order valence-corrected chi connectivity index (χ4v) is 3.45. The Morgan fingerprint density at radius 3 is 2.24 bits per heavy atom. The van der Waals surface area contributed by atoms with Crippen LogP contribution in [0.25, 0.3) is 0 Å². The standard InChI is InChI=1S/C17H22N2O2/c1-10-5-4-8-18-13(10)9-19-16(20)14-11(2)6-7-12(3)15(14)17(19)21/h6-7,10,13,18H,4-5,8-9H2,1-3H3. The lowest BCUT2D eigenvalue weighted by molar-refractivity contribution is 0.0618. The highest BCUT2D eigenvalue weighted by atomic mass is 16.2. The molecule has 0 radical (unpaired) electrons. The molecule has 0 aliphatic carbocycles. The zero-order chi connectivity index (χ0) is 15.1. The van der Waals surface area contributed by atoms with E-state index in [0.29, 0.717) is 23.6 Å². The van der Waals surface area contributed by atoms with Crippen LogP contribution in [0.15, 0.2) is 12.1 Å². The van der Waals surface area contributed by atoms with Gasteiger partial charge in [0.25, 0.3) is 11.8 Å². The van der Waals surface area contributed by atoms with Gasteiger partial charge in [0.1, 0.15) is 0 Å². The highest BCUT2D eigenvalue weighted by Crippen LogP contribution is 2.29. The number of rotatable bonds is 2. The Hall–Kier alpha value is -1.68. The van der Waals surface area contributed by atoms with Gasteiger partial charge in [-0.2, -0.15) is 0 Å². The maximum absolute atomic E-state index is 12.6. The van der Waals surface area contributed by atoms with Gasteiger partial charge in [0.05, 0.1) is 11.1 Å². The van der Waals surface area contributed by atoms with Gasteiger partial charge in [0.2, 0.25) is 0 Å². The number of piperidine rings is 1. The first-order valence-electron chi connectivity index (χ1n) is 7.70. The highest BCUT2D eigenvalue weighted by molar-refractivity contribution is 6.22. The molecule has 0 spiro atoms. The van der Waals surface area contributed by atoms with Crippen LogP contribution in [0.2, 0.25) is 0 Å². The number of imide groups is 1. The topological polar surface area (TPSA) is 49.4 Å². The molecule has 3 rings (SSSR count). The van der Waals surface area contributed by atoms with Crippen molar-refractivity contribution >= 4 is 11.8 Å². The first kappa shape index (κ1) is 14.3. The van der Waals surface area contributed by atoms with Gasteiger partial charge in [-0.05, 0) is 50.3 Å². The van der Waals surface area contributed by atoms with E-state index in [1.807, 2.05) is 26.0 Å². The summed E-state index contributed by atoms with van der Waals surface area (Å²) in [6.07, 6.45) is 2.32.